The number of nitrogens with zero attached hydrogens (tertiary/aromatic N) is 6. The molecule has 0 aliphatic carbocycles. The van der Waals surface area contributed by atoms with Gasteiger partial charge in [-0.05, 0) is 29.2 Å². The van der Waals surface area contributed by atoms with Crippen molar-refractivity contribution in [3.63, 3.8) is 0 Å². The summed E-state index contributed by atoms with van der Waals surface area (Å²) >= 11 is 0. The molecule has 13 heavy (non-hydrogen) atoms. The Morgan fingerprint density at radius 2 is 2.46 bits per heavy atom. The van der Waals surface area contributed by atoms with E-state index in [1.54, 1.807) is 10.7 Å². The number of aromatic nitrogens is 3. The van der Waals surface area contributed by atoms with E-state index in [2.05, 4.69) is 20.1 Å². The van der Waals surface area contributed by atoms with E-state index in [1.165, 1.54) is 0 Å². The first-order valence-electron chi connectivity index (χ1n) is 3.68. The molecule has 0 radical (unpaired) electrons. The molecule has 0 saturated carbocycles. The lowest BCUT2D eigenvalue weighted by Gasteiger charge is -1.92. The zero-order valence-corrected chi connectivity index (χ0v) is 6.92. The van der Waals surface area contributed by atoms with Crippen molar-refractivity contribution >= 4 is 11.6 Å². The minimum absolute atomic E-state index is 0.150. The standard InChI is InChI=1S/C7H6N6/c1-5-3-2-4-13-6(5)9-7(11-13)10-12-8/h2-4H,1H3. The van der Waals surface area contributed by atoms with Crippen LogP contribution in [0.25, 0.3) is 16.1 Å². The second-order valence-electron chi connectivity index (χ2n) is 2.56. The number of hydrogen-bond acceptors (Lipinski definition) is 3. The molecule has 0 aliphatic rings. The Labute approximate surface area is 73.5 Å². The fraction of sp³-hybridized carbons (Fsp3) is 0.143. The molecule has 6 nitrogen and oxygen atoms in total. The van der Waals surface area contributed by atoms with Crippen molar-refractivity contribution in [1.29, 1.82) is 0 Å². The van der Waals surface area contributed by atoms with Gasteiger partial charge in [0.25, 0.3) is 0 Å². The first-order valence-corrected chi connectivity index (χ1v) is 3.68. The van der Waals surface area contributed by atoms with Crippen LogP contribution in [0, 0.1) is 6.92 Å². The summed E-state index contributed by atoms with van der Waals surface area (Å²) in [6, 6.07) is 3.78. The average Bonchev–Trinajstić information content (AvgIpc) is 2.49. The molecule has 6 heteroatoms. The van der Waals surface area contributed by atoms with Crippen LogP contribution in [0.5, 0.6) is 0 Å². The van der Waals surface area contributed by atoms with E-state index in [4.69, 9.17) is 5.53 Å². The van der Waals surface area contributed by atoms with Crippen molar-refractivity contribution in [3.8, 4) is 0 Å². The van der Waals surface area contributed by atoms with Gasteiger partial charge in [0.1, 0.15) is 0 Å². The monoisotopic (exact) mass is 174 g/mol. The number of aryl methyl sites for hydroxylation is 1. The van der Waals surface area contributed by atoms with E-state index in [-0.39, 0.29) is 5.95 Å². The lowest BCUT2D eigenvalue weighted by molar-refractivity contribution is 0.952. The minimum Gasteiger partial charge on any atom is -0.220 e. The molecule has 0 aliphatic heterocycles. The van der Waals surface area contributed by atoms with Crippen molar-refractivity contribution in [2.45, 2.75) is 6.92 Å². The summed E-state index contributed by atoms with van der Waals surface area (Å²) in [6.45, 7) is 1.92. The maximum absolute atomic E-state index is 8.18. The van der Waals surface area contributed by atoms with Crippen molar-refractivity contribution in [1.82, 2.24) is 14.6 Å². The first kappa shape index (κ1) is 7.57. The largest absolute Gasteiger partial charge is 0.238 e. The molecule has 0 unspecified atom stereocenters. The van der Waals surface area contributed by atoms with Crippen LogP contribution < -0.4 is 0 Å². The zero-order valence-electron chi connectivity index (χ0n) is 6.92. The fourth-order valence-corrected chi connectivity index (χ4v) is 1.11. The van der Waals surface area contributed by atoms with E-state index in [1.807, 2.05) is 19.1 Å². The Hall–Kier alpha value is -2.07. The molecule has 64 valence electrons. The van der Waals surface area contributed by atoms with E-state index in [0.29, 0.717) is 5.65 Å². The molecule has 0 spiro atoms. The van der Waals surface area contributed by atoms with Crippen LogP contribution in [0.1, 0.15) is 5.56 Å². The van der Waals surface area contributed by atoms with Gasteiger partial charge in [0.15, 0.2) is 5.65 Å². The molecule has 0 N–H and O–H groups in total. The number of azide groups is 1. The molecular formula is C7H6N6. The third-order valence-electron chi connectivity index (χ3n) is 1.68. The van der Waals surface area contributed by atoms with Gasteiger partial charge in [-0.2, -0.15) is 0 Å². The van der Waals surface area contributed by atoms with Crippen LogP contribution in [-0.2, 0) is 0 Å². The first-order chi connectivity index (χ1) is 6.31. The molecule has 2 aromatic heterocycles. The molecule has 2 rings (SSSR count). The van der Waals surface area contributed by atoms with Gasteiger partial charge in [0.05, 0.1) is 0 Å². The highest BCUT2D eigenvalue weighted by Gasteiger charge is 2.02. The SMILES string of the molecule is Cc1cccn2nc(N=[N+]=[N-])nc12. The van der Waals surface area contributed by atoms with E-state index in [0.717, 1.165) is 5.56 Å². The van der Waals surface area contributed by atoms with Crippen LogP contribution in [0.2, 0.25) is 0 Å². The van der Waals surface area contributed by atoms with Gasteiger partial charge in [-0.25, -0.2) is 9.50 Å². The van der Waals surface area contributed by atoms with Gasteiger partial charge >= 0.3 is 0 Å². The maximum atomic E-state index is 8.18. The topological polar surface area (TPSA) is 79.0 Å². The third kappa shape index (κ3) is 1.19. The highest BCUT2D eigenvalue weighted by atomic mass is 15.4. The smallest absolute Gasteiger partial charge is 0.220 e. The molecule has 0 atom stereocenters. The normalized spacial score (nSPS) is 9.92. The predicted octanol–water partition coefficient (Wildman–Crippen LogP) is 1.98. The van der Waals surface area contributed by atoms with Crippen molar-refractivity contribution in [2.75, 3.05) is 0 Å². The summed E-state index contributed by atoms with van der Waals surface area (Å²) in [5, 5.41) is 7.27. The van der Waals surface area contributed by atoms with Crippen molar-refractivity contribution < 1.29 is 0 Å². The molecule has 2 heterocycles. The minimum atomic E-state index is 0.150. The molecular weight excluding hydrogens is 168 g/mol. The van der Waals surface area contributed by atoms with Crippen molar-refractivity contribution in [3.05, 3.63) is 34.3 Å². The third-order valence-corrected chi connectivity index (χ3v) is 1.68. The van der Waals surface area contributed by atoms with Gasteiger partial charge in [0, 0.05) is 11.1 Å². The van der Waals surface area contributed by atoms with Gasteiger partial charge in [-0.1, -0.05) is 6.07 Å². The summed E-state index contributed by atoms with van der Waals surface area (Å²) in [7, 11) is 0. The van der Waals surface area contributed by atoms with Gasteiger partial charge < -0.3 is 0 Å². The Morgan fingerprint density at radius 3 is 3.15 bits per heavy atom. The summed E-state index contributed by atoms with van der Waals surface area (Å²) in [6.07, 6.45) is 1.76. The second-order valence-corrected chi connectivity index (χ2v) is 2.56. The zero-order chi connectivity index (χ0) is 9.26. The number of pyridine rings is 1. The van der Waals surface area contributed by atoms with Crippen molar-refractivity contribution in [2.24, 2.45) is 5.11 Å². The molecule has 0 fully saturated rings. The van der Waals surface area contributed by atoms with E-state index < -0.39 is 0 Å². The molecule has 2 aromatic rings. The van der Waals surface area contributed by atoms with Gasteiger partial charge in [-0.15, -0.1) is 5.10 Å². The van der Waals surface area contributed by atoms with Crippen LogP contribution in [0.4, 0.5) is 5.95 Å². The second kappa shape index (κ2) is 2.76. The Balaban J connectivity index is 2.75. The summed E-state index contributed by atoms with van der Waals surface area (Å²) in [5.41, 5.74) is 9.89. The lowest BCUT2D eigenvalue weighted by Crippen LogP contribution is -1.87. The van der Waals surface area contributed by atoms with Crippen LogP contribution in [0.15, 0.2) is 23.4 Å². The molecule has 0 amide bonds. The van der Waals surface area contributed by atoms with E-state index in [9.17, 15) is 0 Å². The predicted molar refractivity (Wildman–Crippen MR) is 46.5 cm³/mol. The summed E-state index contributed by atoms with van der Waals surface area (Å²) in [4.78, 5) is 6.65. The average molecular weight is 174 g/mol. The highest BCUT2D eigenvalue weighted by molar-refractivity contribution is 5.48. The fourth-order valence-electron chi connectivity index (χ4n) is 1.11. The summed E-state index contributed by atoms with van der Waals surface area (Å²) in [5.74, 6) is 0.150. The number of hydrogen-bond donors (Lipinski definition) is 0. The maximum Gasteiger partial charge on any atom is 0.238 e. The number of fused-ring (bicyclic) bond motifs is 1. The van der Waals surface area contributed by atoms with Crippen LogP contribution in [-0.4, -0.2) is 14.6 Å². The summed E-state index contributed by atoms with van der Waals surface area (Å²) < 4.78 is 1.58. The van der Waals surface area contributed by atoms with Crippen LogP contribution in [0.3, 0.4) is 0 Å². The highest BCUT2D eigenvalue weighted by Crippen LogP contribution is 2.11. The number of rotatable bonds is 1. The molecule has 0 bridgehead atoms. The quantitative estimate of drug-likeness (QED) is 0.376. The van der Waals surface area contributed by atoms with Gasteiger partial charge in [0.2, 0.25) is 5.95 Å². The van der Waals surface area contributed by atoms with Crippen LogP contribution >= 0.6 is 0 Å². The Kier molecular flexibility index (Phi) is 1.61. The molecule has 0 aromatic carbocycles. The van der Waals surface area contributed by atoms with E-state index >= 15 is 0 Å². The molecule has 0 saturated heterocycles. The lowest BCUT2D eigenvalue weighted by atomic mass is 10.3. The Morgan fingerprint density at radius 1 is 1.62 bits per heavy atom. The Bertz CT molecular complexity index is 493. The van der Waals surface area contributed by atoms with Gasteiger partial charge in [-0.3, -0.25) is 0 Å².